The number of Topliss-reactive ketones (excluding diaryl/α,β-unsaturated/α-hetero) is 1. The molecule has 0 spiro atoms. The highest BCUT2D eigenvalue weighted by atomic mass is 32.1. The van der Waals surface area contributed by atoms with Crippen LogP contribution in [-0.2, 0) is 9.53 Å². The van der Waals surface area contributed by atoms with Crippen molar-refractivity contribution in [2.45, 2.75) is 45.6 Å². The maximum atomic E-state index is 12.8. The summed E-state index contributed by atoms with van der Waals surface area (Å²) in [6.45, 7) is 5.96. The van der Waals surface area contributed by atoms with Crippen LogP contribution in [0.1, 0.15) is 56.0 Å². The van der Waals surface area contributed by atoms with Crippen LogP contribution in [0.25, 0.3) is 21.0 Å². The van der Waals surface area contributed by atoms with Crippen LogP contribution in [0.5, 0.6) is 0 Å². The van der Waals surface area contributed by atoms with Crippen LogP contribution in [0.2, 0.25) is 0 Å². The van der Waals surface area contributed by atoms with Crippen molar-refractivity contribution < 1.29 is 14.3 Å². The minimum Gasteiger partial charge on any atom is -0.460 e. The molecule has 0 aliphatic carbocycles. The number of carbonyl (C=O) groups excluding carboxylic acids is 2. The molecule has 0 radical (unpaired) electrons. The van der Waals surface area contributed by atoms with E-state index in [1.165, 1.54) is 0 Å². The van der Waals surface area contributed by atoms with E-state index in [0.29, 0.717) is 18.5 Å². The van der Waals surface area contributed by atoms with E-state index < -0.39 is 5.60 Å². The predicted octanol–water partition coefficient (Wildman–Crippen LogP) is 7.06. The second-order valence-corrected chi connectivity index (χ2v) is 10.8. The zero-order chi connectivity index (χ0) is 26.0. The first-order valence-electron chi connectivity index (χ1n) is 12.1. The SMILES string of the molecule is CC(C)(C)OC(=O)CCCC(=O)c1cccc(Nc2nc3cc(C4=NN=NC4)ccc3c3sccc23)c1. The van der Waals surface area contributed by atoms with Gasteiger partial charge in [0.25, 0.3) is 0 Å². The van der Waals surface area contributed by atoms with Crippen molar-refractivity contribution >= 4 is 61.3 Å². The molecule has 4 aromatic rings. The molecule has 1 N–H and O–H groups in total. The number of benzene rings is 2. The maximum Gasteiger partial charge on any atom is 0.306 e. The van der Waals surface area contributed by atoms with Gasteiger partial charge in [-0.05, 0) is 62.1 Å². The summed E-state index contributed by atoms with van der Waals surface area (Å²) in [5.74, 6) is 0.417. The number of pyridine rings is 1. The Morgan fingerprint density at radius 1 is 1.05 bits per heavy atom. The minimum atomic E-state index is -0.524. The van der Waals surface area contributed by atoms with E-state index in [4.69, 9.17) is 9.72 Å². The van der Waals surface area contributed by atoms with Gasteiger partial charge in [0.05, 0.1) is 11.2 Å². The lowest BCUT2D eigenvalue weighted by atomic mass is 10.0. The fourth-order valence-electron chi connectivity index (χ4n) is 4.18. The highest BCUT2D eigenvalue weighted by Crippen LogP contribution is 2.35. The van der Waals surface area contributed by atoms with Crippen molar-refractivity contribution in [1.29, 1.82) is 0 Å². The van der Waals surface area contributed by atoms with E-state index in [9.17, 15) is 9.59 Å². The van der Waals surface area contributed by atoms with Crippen molar-refractivity contribution in [2.75, 3.05) is 11.9 Å². The van der Waals surface area contributed by atoms with E-state index in [2.05, 4.69) is 26.8 Å². The van der Waals surface area contributed by atoms with Gasteiger partial charge < -0.3 is 10.1 Å². The second-order valence-electron chi connectivity index (χ2n) is 9.86. The largest absolute Gasteiger partial charge is 0.460 e. The number of hydrogen-bond donors (Lipinski definition) is 1. The third-order valence-corrected chi connectivity index (χ3v) is 6.78. The van der Waals surface area contributed by atoms with Gasteiger partial charge in [-0.1, -0.05) is 24.3 Å². The molecule has 0 unspecified atom stereocenters. The number of ketones is 1. The molecule has 0 atom stereocenters. The second kappa shape index (κ2) is 10.2. The van der Waals surface area contributed by atoms with E-state index in [1.54, 1.807) is 17.4 Å². The van der Waals surface area contributed by atoms with Crippen LogP contribution in [0.15, 0.2) is 69.3 Å². The van der Waals surface area contributed by atoms with Gasteiger partial charge in [0.15, 0.2) is 5.78 Å². The van der Waals surface area contributed by atoms with Crippen LogP contribution in [0.3, 0.4) is 0 Å². The molecule has 0 amide bonds. The van der Waals surface area contributed by atoms with Gasteiger partial charge in [-0.3, -0.25) is 9.59 Å². The Labute approximate surface area is 218 Å². The lowest BCUT2D eigenvalue weighted by molar-refractivity contribution is -0.154. The van der Waals surface area contributed by atoms with Gasteiger partial charge in [0.1, 0.15) is 18.0 Å². The number of hydrogen-bond acceptors (Lipinski definition) is 9. The Hall–Kier alpha value is -3.98. The van der Waals surface area contributed by atoms with E-state index >= 15 is 0 Å². The van der Waals surface area contributed by atoms with Crippen LogP contribution in [-0.4, -0.2) is 34.6 Å². The number of thiophene rings is 1. The molecule has 188 valence electrons. The van der Waals surface area contributed by atoms with Crippen LogP contribution in [0.4, 0.5) is 11.5 Å². The molecule has 2 aromatic heterocycles. The molecule has 1 aliphatic rings. The van der Waals surface area contributed by atoms with Gasteiger partial charge in [-0.2, -0.15) is 5.11 Å². The van der Waals surface area contributed by atoms with Crippen LogP contribution in [0, 0.1) is 0 Å². The number of fused-ring (bicyclic) bond motifs is 3. The predicted molar refractivity (Wildman–Crippen MR) is 147 cm³/mol. The molecular weight excluding hydrogens is 486 g/mol. The Morgan fingerprint density at radius 2 is 1.92 bits per heavy atom. The summed E-state index contributed by atoms with van der Waals surface area (Å²) in [4.78, 5) is 29.7. The molecule has 5 rings (SSSR count). The fourth-order valence-corrected chi connectivity index (χ4v) is 5.11. The molecule has 3 heterocycles. The standard InChI is InChI=1S/C28H27N5O3S/c1-28(2,3)36-25(35)9-5-8-24(34)18-6-4-7-19(14-18)30-27-21-12-13-37-26(21)20-11-10-17(15-22(20)31-27)23-16-29-33-32-23/h4,6-7,10-15H,5,8-9,16H2,1-3H3,(H,30,31). The van der Waals surface area contributed by atoms with Gasteiger partial charge in [0.2, 0.25) is 0 Å². The summed E-state index contributed by atoms with van der Waals surface area (Å²) < 4.78 is 6.46. The van der Waals surface area contributed by atoms with E-state index in [0.717, 1.165) is 43.8 Å². The van der Waals surface area contributed by atoms with Crippen molar-refractivity contribution in [3.63, 3.8) is 0 Å². The van der Waals surface area contributed by atoms with Crippen molar-refractivity contribution in [3.8, 4) is 0 Å². The Morgan fingerprint density at radius 3 is 2.70 bits per heavy atom. The normalized spacial score (nSPS) is 13.2. The van der Waals surface area contributed by atoms with E-state index in [-0.39, 0.29) is 24.6 Å². The van der Waals surface area contributed by atoms with Gasteiger partial charge >= 0.3 is 5.97 Å². The summed E-state index contributed by atoms with van der Waals surface area (Å²) in [5, 5.41) is 19.3. The number of nitrogens with zero attached hydrogens (tertiary/aromatic N) is 4. The highest BCUT2D eigenvalue weighted by molar-refractivity contribution is 7.18. The zero-order valence-corrected chi connectivity index (χ0v) is 21.8. The van der Waals surface area contributed by atoms with Crippen molar-refractivity contribution in [3.05, 3.63) is 65.0 Å². The summed E-state index contributed by atoms with van der Waals surface area (Å²) >= 11 is 1.66. The van der Waals surface area contributed by atoms with Gasteiger partial charge in [0, 0.05) is 45.1 Å². The number of rotatable bonds is 8. The molecular formula is C28H27N5O3S. The third-order valence-electron chi connectivity index (χ3n) is 5.83. The Balaban J connectivity index is 1.34. The first-order chi connectivity index (χ1) is 17.8. The van der Waals surface area contributed by atoms with Crippen LogP contribution < -0.4 is 5.32 Å². The number of esters is 1. The zero-order valence-electron chi connectivity index (χ0n) is 20.9. The molecule has 0 saturated carbocycles. The topological polar surface area (TPSA) is 105 Å². The number of ether oxygens (including phenoxy) is 1. The smallest absolute Gasteiger partial charge is 0.306 e. The molecule has 0 bridgehead atoms. The summed E-state index contributed by atoms with van der Waals surface area (Å²) in [7, 11) is 0. The molecule has 1 aliphatic heterocycles. The first-order valence-corrected chi connectivity index (χ1v) is 13.0. The number of nitrogens with one attached hydrogen (secondary N) is 1. The fraction of sp³-hybridized carbons (Fsp3) is 0.286. The van der Waals surface area contributed by atoms with Crippen LogP contribution >= 0.6 is 11.3 Å². The molecule has 8 nitrogen and oxygen atoms in total. The lowest BCUT2D eigenvalue weighted by Crippen LogP contribution is -2.23. The maximum absolute atomic E-state index is 12.8. The van der Waals surface area contributed by atoms with Gasteiger partial charge in [-0.15, -0.1) is 16.4 Å². The molecule has 2 aromatic carbocycles. The Bertz CT molecular complexity index is 1570. The minimum absolute atomic E-state index is 0.0165. The highest BCUT2D eigenvalue weighted by Gasteiger charge is 2.17. The summed E-state index contributed by atoms with van der Waals surface area (Å²) in [6.07, 6.45) is 0.937. The number of anilines is 2. The monoisotopic (exact) mass is 513 g/mol. The lowest BCUT2D eigenvalue weighted by Gasteiger charge is -2.19. The average molecular weight is 514 g/mol. The first kappa shape index (κ1) is 24.7. The summed E-state index contributed by atoms with van der Waals surface area (Å²) in [5.41, 5.74) is 3.45. The summed E-state index contributed by atoms with van der Waals surface area (Å²) in [6, 6.07) is 15.5. The molecule has 0 saturated heterocycles. The Kier molecular flexibility index (Phi) is 6.80. The quantitative estimate of drug-likeness (QED) is 0.201. The molecule has 37 heavy (non-hydrogen) atoms. The number of aromatic nitrogens is 1. The van der Waals surface area contributed by atoms with Crippen molar-refractivity contribution in [2.24, 2.45) is 15.4 Å². The average Bonchev–Trinajstić information content (AvgIpc) is 3.56. The van der Waals surface area contributed by atoms with Crippen molar-refractivity contribution in [1.82, 2.24) is 4.98 Å². The van der Waals surface area contributed by atoms with Gasteiger partial charge in [-0.25, -0.2) is 4.98 Å². The molecule has 9 heteroatoms. The molecule has 0 fully saturated rings. The van der Waals surface area contributed by atoms with E-state index in [1.807, 2.05) is 62.5 Å². The third kappa shape index (κ3) is 5.72. The number of carbonyl (C=O) groups is 2.